The number of hydrogen-bond acceptors (Lipinski definition) is 6. The van der Waals surface area contributed by atoms with E-state index < -0.39 is 0 Å². The van der Waals surface area contributed by atoms with Crippen LogP contribution < -0.4 is 20.7 Å². The zero-order valence-electron chi connectivity index (χ0n) is 18.8. The molecule has 0 saturated carbocycles. The van der Waals surface area contributed by atoms with Crippen LogP contribution in [0.2, 0.25) is 5.02 Å². The van der Waals surface area contributed by atoms with Crippen LogP contribution >= 0.6 is 11.6 Å². The van der Waals surface area contributed by atoms with Gasteiger partial charge in [-0.25, -0.2) is 4.98 Å². The second-order valence-corrected chi connectivity index (χ2v) is 7.74. The molecule has 0 aliphatic carbocycles. The van der Waals surface area contributed by atoms with E-state index in [0.717, 1.165) is 16.5 Å². The van der Waals surface area contributed by atoms with Crippen molar-refractivity contribution in [3.05, 3.63) is 84.0 Å². The van der Waals surface area contributed by atoms with Crippen molar-refractivity contribution in [3.8, 4) is 5.75 Å². The van der Waals surface area contributed by atoms with Crippen molar-refractivity contribution in [1.82, 2.24) is 9.97 Å². The molecule has 1 aromatic heterocycles. The van der Waals surface area contributed by atoms with Gasteiger partial charge < -0.3 is 20.7 Å². The van der Waals surface area contributed by atoms with E-state index >= 15 is 0 Å². The quantitative estimate of drug-likeness (QED) is 0.247. The lowest BCUT2D eigenvalue weighted by molar-refractivity contribution is -0.111. The van der Waals surface area contributed by atoms with Crippen molar-refractivity contribution >= 4 is 57.1 Å². The number of nitrogens with one attached hydrogen (secondary N) is 3. The SMILES string of the molecule is C/C=C/C(=O)Nc1ccc(OCC)c(Nc2ncc(Cl)c(Nc3ccc4ccccc4c3)n2)c1. The number of carbonyl (C=O) groups is 1. The average Bonchev–Trinajstić information content (AvgIpc) is 2.83. The molecule has 0 spiro atoms. The molecule has 1 heterocycles. The number of amides is 1. The van der Waals surface area contributed by atoms with E-state index in [1.807, 2.05) is 43.3 Å². The molecule has 0 aliphatic heterocycles. The molecule has 1 amide bonds. The van der Waals surface area contributed by atoms with Gasteiger partial charge >= 0.3 is 0 Å². The smallest absolute Gasteiger partial charge is 0.248 e. The van der Waals surface area contributed by atoms with Gasteiger partial charge in [-0.05, 0) is 61.0 Å². The molecule has 0 unspecified atom stereocenters. The Balaban J connectivity index is 1.60. The Bertz CT molecular complexity index is 1360. The Morgan fingerprint density at radius 2 is 1.82 bits per heavy atom. The molecule has 0 bridgehead atoms. The van der Waals surface area contributed by atoms with E-state index in [1.54, 1.807) is 31.2 Å². The molecular weight excluding hydrogens is 450 g/mol. The van der Waals surface area contributed by atoms with Gasteiger partial charge in [-0.3, -0.25) is 4.79 Å². The lowest BCUT2D eigenvalue weighted by Gasteiger charge is -2.15. The predicted molar refractivity (Wildman–Crippen MR) is 139 cm³/mol. The minimum absolute atomic E-state index is 0.220. The molecule has 3 aromatic carbocycles. The predicted octanol–water partition coefficient (Wildman–Crippen LogP) is 6.68. The first kappa shape index (κ1) is 23.1. The Morgan fingerprint density at radius 1 is 1.03 bits per heavy atom. The molecule has 0 fully saturated rings. The monoisotopic (exact) mass is 473 g/mol. The van der Waals surface area contributed by atoms with Gasteiger partial charge in [0.15, 0.2) is 5.82 Å². The number of halogens is 1. The van der Waals surface area contributed by atoms with Crippen LogP contribution in [0.15, 0.2) is 79.0 Å². The Labute approximate surface area is 202 Å². The van der Waals surface area contributed by atoms with Crippen molar-refractivity contribution in [3.63, 3.8) is 0 Å². The highest BCUT2D eigenvalue weighted by molar-refractivity contribution is 6.32. The maximum absolute atomic E-state index is 11.9. The van der Waals surface area contributed by atoms with Crippen molar-refractivity contribution in [2.24, 2.45) is 0 Å². The largest absolute Gasteiger partial charge is 0.492 e. The number of allylic oxidation sites excluding steroid dienone is 1. The Kier molecular flexibility index (Phi) is 7.25. The number of anilines is 5. The van der Waals surface area contributed by atoms with Gasteiger partial charge in [0.05, 0.1) is 18.5 Å². The zero-order valence-corrected chi connectivity index (χ0v) is 19.6. The van der Waals surface area contributed by atoms with Gasteiger partial charge in [0.1, 0.15) is 10.8 Å². The molecule has 3 N–H and O–H groups in total. The van der Waals surface area contributed by atoms with Gasteiger partial charge in [0, 0.05) is 11.4 Å². The van der Waals surface area contributed by atoms with Crippen LogP contribution in [0.25, 0.3) is 10.8 Å². The molecule has 4 rings (SSSR count). The molecular formula is C26H24ClN5O2. The third-order valence-corrected chi connectivity index (χ3v) is 5.14. The number of aromatic nitrogens is 2. The number of nitrogens with zero attached hydrogens (tertiary/aromatic N) is 2. The van der Waals surface area contributed by atoms with E-state index in [4.69, 9.17) is 16.3 Å². The topological polar surface area (TPSA) is 88.2 Å². The van der Waals surface area contributed by atoms with Crippen LogP contribution in [0.3, 0.4) is 0 Å². The van der Waals surface area contributed by atoms with Crippen LogP contribution in [0.4, 0.5) is 28.8 Å². The fourth-order valence-electron chi connectivity index (χ4n) is 3.36. The second kappa shape index (κ2) is 10.7. The first-order valence-corrected chi connectivity index (χ1v) is 11.2. The summed E-state index contributed by atoms with van der Waals surface area (Å²) in [6, 6.07) is 19.5. The average molecular weight is 474 g/mol. The van der Waals surface area contributed by atoms with Crippen molar-refractivity contribution in [2.45, 2.75) is 13.8 Å². The number of ether oxygens (including phenoxy) is 1. The summed E-state index contributed by atoms with van der Waals surface area (Å²) < 4.78 is 5.72. The summed E-state index contributed by atoms with van der Waals surface area (Å²) in [6.07, 6.45) is 4.66. The van der Waals surface area contributed by atoms with Gasteiger partial charge in [-0.2, -0.15) is 4.98 Å². The standard InChI is InChI=1S/C26H24ClN5O2/c1-3-7-24(33)29-20-12-13-23(34-4-2)22(15-20)31-26-28-16-21(27)25(32-26)30-19-11-10-17-8-5-6-9-18(17)14-19/h3,5-16H,4H2,1-2H3,(H,29,33)(H2,28,30,31,32)/b7-3+. The molecule has 4 aromatic rings. The molecule has 0 radical (unpaired) electrons. The first-order chi connectivity index (χ1) is 16.6. The number of fused-ring (bicyclic) bond motifs is 1. The van der Waals surface area contributed by atoms with E-state index in [9.17, 15) is 4.79 Å². The fourth-order valence-corrected chi connectivity index (χ4v) is 3.50. The van der Waals surface area contributed by atoms with Crippen LogP contribution in [-0.2, 0) is 4.79 Å². The summed E-state index contributed by atoms with van der Waals surface area (Å²) in [5.41, 5.74) is 2.07. The highest BCUT2D eigenvalue weighted by Gasteiger charge is 2.11. The number of hydrogen-bond donors (Lipinski definition) is 3. The third-order valence-electron chi connectivity index (χ3n) is 4.87. The van der Waals surface area contributed by atoms with Gasteiger partial charge in [0.25, 0.3) is 0 Å². The molecule has 0 saturated heterocycles. The highest BCUT2D eigenvalue weighted by atomic mass is 35.5. The number of benzene rings is 3. The summed E-state index contributed by atoms with van der Waals surface area (Å²) in [5, 5.41) is 11.9. The Morgan fingerprint density at radius 3 is 2.62 bits per heavy atom. The highest BCUT2D eigenvalue weighted by Crippen LogP contribution is 2.32. The summed E-state index contributed by atoms with van der Waals surface area (Å²) in [7, 11) is 0. The molecule has 7 nitrogen and oxygen atoms in total. The number of carbonyl (C=O) groups excluding carboxylic acids is 1. The molecule has 8 heteroatoms. The molecule has 172 valence electrons. The maximum Gasteiger partial charge on any atom is 0.248 e. The van der Waals surface area contributed by atoms with Crippen LogP contribution in [0, 0.1) is 0 Å². The van der Waals surface area contributed by atoms with Crippen LogP contribution in [0.5, 0.6) is 5.75 Å². The molecule has 34 heavy (non-hydrogen) atoms. The van der Waals surface area contributed by atoms with E-state index in [-0.39, 0.29) is 5.91 Å². The molecule has 0 aliphatic rings. The van der Waals surface area contributed by atoms with Crippen LogP contribution in [0.1, 0.15) is 13.8 Å². The van der Waals surface area contributed by atoms with Gasteiger partial charge in [-0.1, -0.05) is 48.0 Å². The summed E-state index contributed by atoms with van der Waals surface area (Å²) in [5.74, 6) is 1.17. The van der Waals surface area contributed by atoms with E-state index in [2.05, 4.69) is 32.0 Å². The lowest BCUT2D eigenvalue weighted by atomic mass is 10.1. The maximum atomic E-state index is 11.9. The Hall–Kier alpha value is -4.10. The minimum atomic E-state index is -0.220. The second-order valence-electron chi connectivity index (χ2n) is 7.34. The first-order valence-electron chi connectivity index (χ1n) is 10.8. The van der Waals surface area contributed by atoms with E-state index in [0.29, 0.717) is 40.5 Å². The van der Waals surface area contributed by atoms with Gasteiger partial charge in [-0.15, -0.1) is 0 Å². The third kappa shape index (κ3) is 5.63. The van der Waals surface area contributed by atoms with Crippen molar-refractivity contribution in [2.75, 3.05) is 22.6 Å². The normalized spacial score (nSPS) is 10.9. The summed E-state index contributed by atoms with van der Waals surface area (Å²) in [6.45, 7) is 4.16. The minimum Gasteiger partial charge on any atom is -0.492 e. The van der Waals surface area contributed by atoms with Crippen molar-refractivity contribution in [1.29, 1.82) is 0 Å². The summed E-state index contributed by atoms with van der Waals surface area (Å²) in [4.78, 5) is 20.8. The molecule has 0 atom stereocenters. The van der Waals surface area contributed by atoms with Crippen LogP contribution in [-0.4, -0.2) is 22.5 Å². The summed E-state index contributed by atoms with van der Waals surface area (Å²) >= 11 is 6.37. The van der Waals surface area contributed by atoms with Gasteiger partial charge in [0.2, 0.25) is 11.9 Å². The number of rotatable bonds is 8. The van der Waals surface area contributed by atoms with E-state index in [1.165, 1.54) is 12.3 Å². The van der Waals surface area contributed by atoms with Crippen molar-refractivity contribution < 1.29 is 9.53 Å². The fraction of sp³-hybridized carbons (Fsp3) is 0.115. The zero-order chi connectivity index (χ0) is 23.9. The lowest BCUT2D eigenvalue weighted by Crippen LogP contribution is -2.09.